The number of hydrogen-bond acceptors (Lipinski definition) is 2. The van der Waals surface area contributed by atoms with Crippen LogP contribution in [0, 0.1) is 0 Å². The Morgan fingerprint density at radius 3 is 2.28 bits per heavy atom. The Bertz CT molecular complexity index is 520. The van der Waals surface area contributed by atoms with E-state index in [1.165, 1.54) is 0 Å². The average Bonchev–Trinajstić information content (AvgIpc) is 2.40. The molecule has 3 heteroatoms. The Hall–Kier alpha value is -1.64. The first-order valence-corrected chi connectivity index (χ1v) is 6.06. The number of aliphatic hydroxyl groups excluding tert-OH is 1. The number of rotatable bonds is 4. The van der Waals surface area contributed by atoms with Gasteiger partial charge in [-0.05, 0) is 17.7 Å². The standard InChI is InChI=1S/C15H13ClO2/c16-13-8-6-12(7-9-13)15(18)10-14(17)11-4-2-1-3-5-11/h1-9,15,18H,10H2/t15-/m1/s1. The second-order valence-corrected chi connectivity index (χ2v) is 4.50. The van der Waals surface area contributed by atoms with Gasteiger partial charge in [0.15, 0.2) is 5.78 Å². The SMILES string of the molecule is O=C(C[C@@H](O)c1ccc(Cl)cc1)c1ccccc1. The van der Waals surface area contributed by atoms with E-state index in [-0.39, 0.29) is 12.2 Å². The van der Waals surface area contributed by atoms with E-state index in [0.717, 1.165) is 0 Å². The van der Waals surface area contributed by atoms with Gasteiger partial charge in [0.1, 0.15) is 0 Å². The maximum absolute atomic E-state index is 11.9. The molecular formula is C15H13ClO2. The van der Waals surface area contributed by atoms with Crippen molar-refractivity contribution in [3.05, 3.63) is 70.7 Å². The van der Waals surface area contributed by atoms with Gasteiger partial charge in [0.25, 0.3) is 0 Å². The summed E-state index contributed by atoms with van der Waals surface area (Å²) in [5, 5.41) is 10.6. The maximum Gasteiger partial charge on any atom is 0.165 e. The molecule has 0 bridgehead atoms. The van der Waals surface area contributed by atoms with Crippen LogP contribution in [0.25, 0.3) is 0 Å². The summed E-state index contributed by atoms with van der Waals surface area (Å²) in [6.07, 6.45) is -0.721. The van der Waals surface area contributed by atoms with E-state index in [1.807, 2.05) is 18.2 Å². The number of hydrogen-bond donors (Lipinski definition) is 1. The Morgan fingerprint density at radius 1 is 1.06 bits per heavy atom. The van der Waals surface area contributed by atoms with Crippen LogP contribution in [0.15, 0.2) is 54.6 Å². The molecule has 2 aromatic carbocycles. The van der Waals surface area contributed by atoms with Gasteiger partial charge in [-0.1, -0.05) is 54.1 Å². The van der Waals surface area contributed by atoms with Crippen LogP contribution in [0.1, 0.15) is 28.4 Å². The van der Waals surface area contributed by atoms with Gasteiger partial charge in [-0.15, -0.1) is 0 Å². The predicted molar refractivity (Wildman–Crippen MR) is 71.8 cm³/mol. The smallest absolute Gasteiger partial charge is 0.165 e. The van der Waals surface area contributed by atoms with Gasteiger partial charge >= 0.3 is 0 Å². The highest BCUT2D eigenvalue weighted by Crippen LogP contribution is 2.20. The zero-order valence-electron chi connectivity index (χ0n) is 9.71. The Balaban J connectivity index is 2.06. The summed E-state index contributed by atoms with van der Waals surface area (Å²) in [6.45, 7) is 0. The Labute approximate surface area is 111 Å². The van der Waals surface area contributed by atoms with E-state index in [4.69, 9.17) is 11.6 Å². The first-order valence-electron chi connectivity index (χ1n) is 5.68. The van der Waals surface area contributed by atoms with Gasteiger partial charge in [-0.25, -0.2) is 0 Å². The van der Waals surface area contributed by atoms with Gasteiger partial charge in [0, 0.05) is 17.0 Å². The minimum absolute atomic E-state index is 0.0712. The summed E-state index contributed by atoms with van der Waals surface area (Å²) >= 11 is 5.77. The molecule has 0 amide bonds. The summed E-state index contributed by atoms with van der Waals surface area (Å²) in [5.74, 6) is -0.0712. The van der Waals surface area contributed by atoms with Crippen molar-refractivity contribution in [3.8, 4) is 0 Å². The molecule has 0 fully saturated rings. The molecule has 0 saturated carbocycles. The van der Waals surface area contributed by atoms with Crippen molar-refractivity contribution < 1.29 is 9.90 Å². The molecule has 0 aromatic heterocycles. The summed E-state index contributed by atoms with van der Waals surface area (Å²) in [5.41, 5.74) is 1.31. The summed E-state index contributed by atoms with van der Waals surface area (Å²) in [6, 6.07) is 15.8. The molecule has 0 radical (unpaired) electrons. The number of Topliss-reactive ketones (excluding diaryl/α,β-unsaturated/α-hetero) is 1. The van der Waals surface area contributed by atoms with Crippen molar-refractivity contribution in [1.29, 1.82) is 0 Å². The van der Waals surface area contributed by atoms with E-state index in [0.29, 0.717) is 16.1 Å². The molecule has 0 aliphatic carbocycles. The largest absolute Gasteiger partial charge is 0.388 e. The minimum Gasteiger partial charge on any atom is -0.388 e. The topological polar surface area (TPSA) is 37.3 Å². The molecule has 18 heavy (non-hydrogen) atoms. The van der Waals surface area contributed by atoms with E-state index >= 15 is 0 Å². The fourth-order valence-corrected chi connectivity index (χ4v) is 1.85. The lowest BCUT2D eigenvalue weighted by Gasteiger charge is -2.10. The monoisotopic (exact) mass is 260 g/mol. The van der Waals surface area contributed by atoms with Crippen molar-refractivity contribution in [3.63, 3.8) is 0 Å². The fraction of sp³-hybridized carbons (Fsp3) is 0.133. The normalized spacial score (nSPS) is 12.1. The number of benzene rings is 2. The Kier molecular flexibility index (Phi) is 4.13. The number of ketones is 1. The van der Waals surface area contributed by atoms with E-state index in [1.54, 1.807) is 36.4 Å². The van der Waals surface area contributed by atoms with Gasteiger partial charge in [-0.3, -0.25) is 4.79 Å². The molecule has 1 atom stereocenters. The highest BCUT2D eigenvalue weighted by atomic mass is 35.5. The molecule has 2 rings (SSSR count). The number of halogens is 1. The zero-order valence-corrected chi connectivity index (χ0v) is 10.5. The highest BCUT2D eigenvalue weighted by molar-refractivity contribution is 6.30. The average molecular weight is 261 g/mol. The molecule has 0 spiro atoms. The molecule has 92 valence electrons. The van der Waals surface area contributed by atoms with Crippen molar-refractivity contribution in [1.82, 2.24) is 0 Å². The van der Waals surface area contributed by atoms with Crippen LogP contribution in [0.3, 0.4) is 0 Å². The molecule has 0 unspecified atom stereocenters. The maximum atomic E-state index is 11.9. The van der Waals surface area contributed by atoms with Crippen LogP contribution in [-0.2, 0) is 0 Å². The van der Waals surface area contributed by atoms with Crippen molar-refractivity contribution in [2.45, 2.75) is 12.5 Å². The lowest BCUT2D eigenvalue weighted by atomic mass is 10.0. The fourth-order valence-electron chi connectivity index (χ4n) is 1.72. The van der Waals surface area contributed by atoms with Crippen LogP contribution in [0.2, 0.25) is 5.02 Å². The highest BCUT2D eigenvalue weighted by Gasteiger charge is 2.14. The minimum atomic E-state index is -0.796. The van der Waals surface area contributed by atoms with E-state index in [9.17, 15) is 9.90 Å². The number of carbonyl (C=O) groups is 1. The van der Waals surface area contributed by atoms with Crippen LogP contribution >= 0.6 is 11.6 Å². The quantitative estimate of drug-likeness (QED) is 0.852. The summed E-state index contributed by atoms with van der Waals surface area (Å²) < 4.78 is 0. The van der Waals surface area contributed by atoms with Crippen LogP contribution in [0.5, 0.6) is 0 Å². The van der Waals surface area contributed by atoms with Gasteiger partial charge < -0.3 is 5.11 Å². The third kappa shape index (κ3) is 3.19. The van der Waals surface area contributed by atoms with Crippen molar-refractivity contribution in [2.75, 3.05) is 0 Å². The van der Waals surface area contributed by atoms with Gasteiger partial charge in [-0.2, -0.15) is 0 Å². The van der Waals surface area contributed by atoms with E-state index in [2.05, 4.69) is 0 Å². The number of carbonyl (C=O) groups excluding carboxylic acids is 1. The molecular weight excluding hydrogens is 248 g/mol. The predicted octanol–water partition coefficient (Wildman–Crippen LogP) is 3.65. The molecule has 0 saturated heterocycles. The van der Waals surface area contributed by atoms with Crippen LogP contribution < -0.4 is 0 Å². The molecule has 0 aliphatic heterocycles. The molecule has 2 aromatic rings. The van der Waals surface area contributed by atoms with Crippen molar-refractivity contribution in [2.24, 2.45) is 0 Å². The third-order valence-corrected chi connectivity index (χ3v) is 2.98. The molecule has 2 nitrogen and oxygen atoms in total. The zero-order chi connectivity index (χ0) is 13.0. The lowest BCUT2D eigenvalue weighted by Crippen LogP contribution is -2.06. The Morgan fingerprint density at radius 2 is 1.67 bits per heavy atom. The van der Waals surface area contributed by atoms with Gasteiger partial charge in [0.2, 0.25) is 0 Å². The molecule has 0 aliphatic rings. The van der Waals surface area contributed by atoms with Gasteiger partial charge in [0.05, 0.1) is 6.10 Å². The van der Waals surface area contributed by atoms with Crippen LogP contribution in [0.4, 0.5) is 0 Å². The summed E-state index contributed by atoms with van der Waals surface area (Å²) in [4.78, 5) is 11.9. The van der Waals surface area contributed by atoms with E-state index < -0.39 is 6.10 Å². The molecule has 0 heterocycles. The summed E-state index contributed by atoms with van der Waals surface area (Å²) in [7, 11) is 0. The first kappa shape index (κ1) is 12.8. The molecule has 1 N–H and O–H groups in total. The lowest BCUT2D eigenvalue weighted by molar-refractivity contribution is 0.0880. The van der Waals surface area contributed by atoms with Crippen LogP contribution in [-0.4, -0.2) is 10.9 Å². The third-order valence-electron chi connectivity index (χ3n) is 2.73. The number of aliphatic hydroxyl groups is 1. The second-order valence-electron chi connectivity index (χ2n) is 4.06. The first-order chi connectivity index (χ1) is 8.66. The van der Waals surface area contributed by atoms with Crippen molar-refractivity contribution >= 4 is 17.4 Å². The second kappa shape index (κ2) is 5.80.